The Kier molecular flexibility index (Phi) is 6.08. The van der Waals surface area contributed by atoms with Crippen molar-refractivity contribution in [3.63, 3.8) is 0 Å². The van der Waals surface area contributed by atoms with Crippen LogP contribution in [0, 0.1) is 0 Å². The number of nitrogens with zero attached hydrogens (tertiary/aromatic N) is 1. The van der Waals surface area contributed by atoms with Gasteiger partial charge in [-0.3, -0.25) is 9.59 Å². The second-order valence-electron chi connectivity index (χ2n) is 5.88. The zero-order valence-electron chi connectivity index (χ0n) is 14.6. The van der Waals surface area contributed by atoms with Crippen LogP contribution in [0.1, 0.15) is 23.7 Å². The van der Waals surface area contributed by atoms with Crippen LogP contribution in [0.25, 0.3) is 0 Å². The summed E-state index contributed by atoms with van der Waals surface area (Å²) in [5.74, 6) is 0.672. The molecule has 0 fully saturated rings. The monoisotopic (exact) mass is 431 g/mol. The molecule has 7 nitrogen and oxygen atoms in total. The summed E-state index contributed by atoms with van der Waals surface area (Å²) in [7, 11) is 0. The highest BCUT2D eigenvalue weighted by molar-refractivity contribution is 9.10. The lowest BCUT2D eigenvalue weighted by Gasteiger charge is -2.19. The maximum absolute atomic E-state index is 12.2. The molecule has 1 heterocycles. The van der Waals surface area contributed by atoms with Gasteiger partial charge in [-0.2, -0.15) is 5.10 Å². The van der Waals surface area contributed by atoms with Gasteiger partial charge < -0.3 is 14.8 Å². The third-order valence-electron chi connectivity index (χ3n) is 3.68. The Morgan fingerprint density at radius 3 is 2.67 bits per heavy atom. The number of ether oxygens (including phenoxy) is 2. The zero-order valence-corrected chi connectivity index (χ0v) is 16.2. The van der Waals surface area contributed by atoms with E-state index < -0.39 is 0 Å². The number of hydrazone groups is 1. The van der Waals surface area contributed by atoms with Gasteiger partial charge >= 0.3 is 0 Å². The maximum atomic E-state index is 12.2. The van der Waals surface area contributed by atoms with Crippen molar-refractivity contribution >= 4 is 39.1 Å². The highest BCUT2D eigenvalue weighted by atomic mass is 79.9. The lowest BCUT2D eigenvalue weighted by atomic mass is 10.2. The van der Waals surface area contributed by atoms with E-state index in [4.69, 9.17) is 9.47 Å². The van der Waals surface area contributed by atoms with Crippen molar-refractivity contribution in [3.8, 4) is 11.5 Å². The van der Waals surface area contributed by atoms with Gasteiger partial charge in [0.1, 0.15) is 13.2 Å². The Hall–Kier alpha value is -2.87. The van der Waals surface area contributed by atoms with Crippen molar-refractivity contribution in [2.45, 2.75) is 13.3 Å². The van der Waals surface area contributed by atoms with E-state index in [2.05, 4.69) is 31.8 Å². The van der Waals surface area contributed by atoms with E-state index in [1.807, 2.05) is 6.07 Å². The van der Waals surface area contributed by atoms with Crippen LogP contribution in [0.4, 0.5) is 5.69 Å². The van der Waals surface area contributed by atoms with Crippen LogP contribution in [0.5, 0.6) is 11.5 Å². The average molecular weight is 432 g/mol. The smallest absolute Gasteiger partial charge is 0.271 e. The van der Waals surface area contributed by atoms with Crippen LogP contribution < -0.4 is 20.2 Å². The predicted octanol–water partition coefficient (Wildman–Crippen LogP) is 3.35. The van der Waals surface area contributed by atoms with E-state index in [0.29, 0.717) is 41.7 Å². The molecule has 0 spiro atoms. The minimum absolute atomic E-state index is 0.0488. The van der Waals surface area contributed by atoms with Gasteiger partial charge in [-0.25, -0.2) is 5.43 Å². The van der Waals surface area contributed by atoms with Gasteiger partial charge in [0.25, 0.3) is 5.91 Å². The third kappa shape index (κ3) is 5.30. The first-order valence-electron chi connectivity index (χ1n) is 8.30. The van der Waals surface area contributed by atoms with E-state index in [1.54, 1.807) is 43.3 Å². The Labute approximate surface area is 164 Å². The largest absolute Gasteiger partial charge is 0.486 e. The molecular formula is C19H18BrN3O4. The van der Waals surface area contributed by atoms with Crippen molar-refractivity contribution in [2.24, 2.45) is 5.10 Å². The van der Waals surface area contributed by atoms with Crippen molar-refractivity contribution < 1.29 is 19.1 Å². The number of fused-ring (bicyclic) bond motifs is 1. The summed E-state index contributed by atoms with van der Waals surface area (Å²) >= 11 is 3.31. The molecule has 2 N–H and O–H groups in total. The molecule has 3 rings (SSSR count). The number of rotatable bonds is 5. The molecule has 2 amide bonds. The molecule has 0 atom stereocenters. The van der Waals surface area contributed by atoms with E-state index in [9.17, 15) is 9.59 Å². The van der Waals surface area contributed by atoms with Gasteiger partial charge in [-0.05, 0) is 37.3 Å². The SMILES string of the molecule is C/C(CC(=O)Nc1ccc2c(c1)OCCO2)=N\NC(=O)c1cccc(Br)c1. The number of carbonyl (C=O) groups is 2. The summed E-state index contributed by atoms with van der Waals surface area (Å²) in [5, 5.41) is 6.75. The molecule has 0 radical (unpaired) electrons. The number of hydrogen-bond donors (Lipinski definition) is 2. The number of nitrogens with one attached hydrogen (secondary N) is 2. The molecule has 0 saturated carbocycles. The minimum Gasteiger partial charge on any atom is -0.486 e. The van der Waals surface area contributed by atoms with Crippen molar-refractivity contribution in [1.82, 2.24) is 5.43 Å². The Morgan fingerprint density at radius 1 is 1.11 bits per heavy atom. The van der Waals surface area contributed by atoms with E-state index >= 15 is 0 Å². The lowest BCUT2D eigenvalue weighted by Crippen LogP contribution is -2.21. The van der Waals surface area contributed by atoms with Crippen molar-refractivity contribution in [3.05, 3.63) is 52.5 Å². The molecule has 0 unspecified atom stereocenters. The van der Waals surface area contributed by atoms with Gasteiger partial charge in [0.15, 0.2) is 11.5 Å². The standard InChI is InChI=1S/C19H18BrN3O4/c1-12(22-23-19(25)13-3-2-4-14(20)10-13)9-18(24)21-15-5-6-16-17(11-15)27-8-7-26-16/h2-6,10-11H,7-9H2,1H3,(H,21,24)(H,23,25)/b22-12+. The summed E-state index contributed by atoms with van der Waals surface area (Å²) in [6.07, 6.45) is 0.0488. The van der Waals surface area contributed by atoms with Crippen LogP contribution in [0.15, 0.2) is 52.0 Å². The first-order valence-corrected chi connectivity index (χ1v) is 9.09. The molecule has 8 heteroatoms. The fourth-order valence-corrected chi connectivity index (χ4v) is 2.84. The first kappa shape index (κ1) is 18.9. The first-order chi connectivity index (χ1) is 13.0. The molecule has 1 aliphatic heterocycles. The van der Waals surface area contributed by atoms with Crippen LogP contribution in [0.3, 0.4) is 0 Å². The number of carbonyl (C=O) groups excluding carboxylic acids is 2. The van der Waals surface area contributed by atoms with Gasteiger partial charge in [-0.15, -0.1) is 0 Å². The Morgan fingerprint density at radius 2 is 1.89 bits per heavy atom. The number of amides is 2. The lowest BCUT2D eigenvalue weighted by molar-refractivity contribution is -0.115. The number of hydrogen-bond acceptors (Lipinski definition) is 5. The Balaban J connectivity index is 1.54. The second kappa shape index (κ2) is 8.68. The van der Waals surface area contributed by atoms with E-state index in [1.165, 1.54) is 0 Å². The van der Waals surface area contributed by atoms with E-state index in [-0.39, 0.29) is 18.2 Å². The molecule has 0 bridgehead atoms. The number of anilines is 1. The zero-order chi connectivity index (χ0) is 19.2. The average Bonchev–Trinajstić information content (AvgIpc) is 2.66. The van der Waals surface area contributed by atoms with Gasteiger partial charge in [0, 0.05) is 27.5 Å². The summed E-state index contributed by atoms with van der Waals surface area (Å²) in [4.78, 5) is 24.2. The van der Waals surface area contributed by atoms with E-state index in [0.717, 1.165) is 4.47 Å². The predicted molar refractivity (Wildman–Crippen MR) is 105 cm³/mol. The van der Waals surface area contributed by atoms with Crippen LogP contribution in [-0.2, 0) is 4.79 Å². The molecule has 1 aliphatic rings. The minimum atomic E-state index is -0.345. The number of benzene rings is 2. The van der Waals surface area contributed by atoms with Gasteiger partial charge in [-0.1, -0.05) is 22.0 Å². The maximum Gasteiger partial charge on any atom is 0.271 e. The Bertz CT molecular complexity index is 898. The summed E-state index contributed by atoms with van der Waals surface area (Å²) < 4.78 is 11.7. The highest BCUT2D eigenvalue weighted by Gasteiger charge is 2.13. The molecule has 0 saturated heterocycles. The molecule has 140 valence electrons. The topological polar surface area (TPSA) is 89.0 Å². The fourth-order valence-electron chi connectivity index (χ4n) is 2.44. The normalized spacial score (nSPS) is 13.0. The van der Waals surface area contributed by atoms with Crippen LogP contribution >= 0.6 is 15.9 Å². The summed E-state index contributed by atoms with van der Waals surface area (Å²) in [6.45, 7) is 2.67. The molecule has 2 aromatic rings. The van der Waals surface area contributed by atoms with Crippen molar-refractivity contribution in [2.75, 3.05) is 18.5 Å². The summed E-state index contributed by atoms with van der Waals surface area (Å²) in [5.41, 5.74) is 4.01. The molecule has 0 aromatic heterocycles. The molecular weight excluding hydrogens is 414 g/mol. The molecule has 27 heavy (non-hydrogen) atoms. The van der Waals surface area contributed by atoms with Gasteiger partial charge in [0.2, 0.25) is 5.91 Å². The van der Waals surface area contributed by atoms with Crippen LogP contribution in [0.2, 0.25) is 0 Å². The second-order valence-corrected chi connectivity index (χ2v) is 6.80. The van der Waals surface area contributed by atoms with Crippen molar-refractivity contribution in [1.29, 1.82) is 0 Å². The quantitative estimate of drug-likeness (QED) is 0.560. The number of halogens is 1. The summed E-state index contributed by atoms with van der Waals surface area (Å²) in [6, 6.07) is 12.2. The highest BCUT2D eigenvalue weighted by Crippen LogP contribution is 2.32. The fraction of sp³-hybridized carbons (Fsp3) is 0.211. The van der Waals surface area contributed by atoms with Crippen LogP contribution in [-0.4, -0.2) is 30.7 Å². The van der Waals surface area contributed by atoms with Gasteiger partial charge in [0.05, 0.1) is 6.42 Å². The molecule has 2 aromatic carbocycles. The molecule has 0 aliphatic carbocycles. The third-order valence-corrected chi connectivity index (χ3v) is 4.17.